The van der Waals surface area contributed by atoms with Crippen LogP contribution >= 0.6 is 0 Å². The maximum atomic E-state index is 11.4. The molecule has 7 heteroatoms. The summed E-state index contributed by atoms with van der Waals surface area (Å²) in [5.74, 6) is 0.116. The molecule has 90 valence electrons. The lowest BCUT2D eigenvalue weighted by molar-refractivity contribution is 0.158. The van der Waals surface area contributed by atoms with E-state index in [1.165, 1.54) is 11.6 Å². The molecular formula is C9H16N4O3. The van der Waals surface area contributed by atoms with Crippen LogP contribution in [0.2, 0.25) is 0 Å². The zero-order valence-corrected chi connectivity index (χ0v) is 9.37. The fraction of sp³-hybridized carbons (Fsp3) is 0.556. The molecular weight excluding hydrogens is 212 g/mol. The van der Waals surface area contributed by atoms with E-state index >= 15 is 0 Å². The molecule has 0 unspecified atom stereocenters. The predicted molar refractivity (Wildman–Crippen MR) is 61.7 cm³/mol. The van der Waals surface area contributed by atoms with Crippen molar-refractivity contribution in [3.05, 3.63) is 20.8 Å². The van der Waals surface area contributed by atoms with Gasteiger partial charge >= 0.3 is 5.69 Å². The Balaban J connectivity index is 2.84. The molecule has 0 saturated heterocycles. The van der Waals surface area contributed by atoms with Gasteiger partial charge in [-0.15, -0.1) is 0 Å². The molecule has 0 bridgehead atoms. The quantitative estimate of drug-likeness (QED) is 0.567. The highest BCUT2D eigenvalue weighted by molar-refractivity contribution is 5.60. The molecule has 0 aliphatic heterocycles. The molecule has 0 atom stereocenters. The number of nitrogen functional groups attached to an aromatic ring is 1. The van der Waals surface area contributed by atoms with Crippen LogP contribution in [-0.2, 0) is 11.8 Å². The van der Waals surface area contributed by atoms with Gasteiger partial charge in [0.05, 0.1) is 6.61 Å². The fourth-order valence-electron chi connectivity index (χ4n) is 1.20. The maximum Gasteiger partial charge on any atom is 0.329 e. The third kappa shape index (κ3) is 2.63. The van der Waals surface area contributed by atoms with Gasteiger partial charge in [0.25, 0.3) is 5.56 Å². The summed E-state index contributed by atoms with van der Waals surface area (Å²) in [5, 5.41) is 2.83. The van der Waals surface area contributed by atoms with Crippen LogP contribution in [0.25, 0.3) is 0 Å². The minimum absolute atomic E-state index is 0.116. The summed E-state index contributed by atoms with van der Waals surface area (Å²) < 4.78 is 6.28. The summed E-state index contributed by atoms with van der Waals surface area (Å²) in [6.07, 6.45) is 0. The van der Waals surface area contributed by atoms with Gasteiger partial charge in [0.1, 0.15) is 11.5 Å². The number of nitrogens with zero attached hydrogens (tertiary/aromatic N) is 1. The Bertz CT molecular complexity index is 463. The highest BCUT2D eigenvalue weighted by atomic mass is 16.5. The van der Waals surface area contributed by atoms with Crippen LogP contribution < -0.4 is 22.3 Å². The normalized spacial score (nSPS) is 10.4. The number of rotatable bonds is 5. The smallest absolute Gasteiger partial charge is 0.329 e. The van der Waals surface area contributed by atoms with Crippen LogP contribution in [0.4, 0.5) is 11.5 Å². The first kappa shape index (κ1) is 12.3. The average molecular weight is 228 g/mol. The van der Waals surface area contributed by atoms with E-state index in [-0.39, 0.29) is 11.5 Å². The summed E-state index contributed by atoms with van der Waals surface area (Å²) in [4.78, 5) is 24.7. The first-order valence-corrected chi connectivity index (χ1v) is 4.98. The Morgan fingerprint density at radius 3 is 2.81 bits per heavy atom. The zero-order chi connectivity index (χ0) is 12.1. The highest BCUT2D eigenvalue weighted by Crippen LogP contribution is 2.07. The van der Waals surface area contributed by atoms with E-state index in [0.29, 0.717) is 19.8 Å². The summed E-state index contributed by atoms with van der Waals surface area (Å²) in [5.41, 5.74) is 4.79. The van der Waals surface area contributed by atoms with E-state index < -0.39 is 11.2 Å². The van der Waals surface area contributed by atoms with Crippen molar-refractivity contribution >= 4 is 11.5 Å². The molecule has 1 aromatic rings. The van der Waals surface area contributed by atoms with Gasteiger partial charge in [0, 0.05) is 20.2 Å². The summed E-state index contributed by atoms with van der Waals surface area (Å²) in [6.45, 7) is 3.42. The van der Waals surface area contributed by atoms with Crippen molar-refractivity contribution in [2.45, 2.75) is 6.92 Å². The van der Waals surface area contributed by atoms with Crippen LogP contribution in [0.15, 0.2) is 9.59 Å². The van der Waals surface area contributed by atoms with Crippen LogP contribution in [-0.4, -0.2) is 29.3 Å². The fourth-order valence-corrected chi connectivity index (χ4v) is 1.20. The number of anilines is 2. The van der Waals surface area contributed by atoms with E-state index in [1.54, 1.807) is 0 Å². The molecule has 1 aromatic heterocycles. The third-order valence-corrected chi connectivity index (χ3v) is 2.12. The number of nitrogens with two attached hydrogens (primary N) is 1. The molecule has 4 N–H and O–H groups in total. The number of H-pyrrole nitrogens is 1. The standard InChI is InChI=1S/C9H16N4O3/c1-3-16-5-4-11-6-7(10)13(2)9(15)12-8(6)14/h11H,3-5,10H2,1-2H3,(H,12,14,15). The Morgan fingerprint density at radius 2 is 2.19 bits per heavy atom. The number of aromatic amines is 1. The Kier molecular flexibility index (Phi) is 4.12. The topological polar surface area (TPSA) is 102 Å². The summed E-state index contributed by atoms with van der Waals surface area (Å²) in [6, 6.07) is 0. The van der Waals surface area contributed by atoms with Crippen LogP contribution in [0.3, 0.4) is 0 Å². The Morgan fingerprint density at radius 1 is 1.50 bits per heavy atom. The van der Waals surface area contributed by atoms with Crippen LogP contribution in [0.5, 0.6) is 0 Å². The third-order valence-electron chi connectivity index (χ3n) is 2.12. The lowest BCUT2D eigenvalue weighted by Gasteiger charge is -2.10. The minimum Gasteiger partial charge on any atom is -0.383 e. The summed E-state index contributed by atoms with van der Waals surface area (Å²) >= 11 is 0. The molecule has 0 saturated carbocycles. The van der Waals surface area contributed by atoms with Gasteiger partial charge in [-0.1, -0.05) is 0 Å². The molecule has 0 fully saturated rings. The van der Waals surface area contributed by atoms with Crippen molar-refractivity contribution < 1.29 is 4.74 Å². The number of nitrogens with one attached hydrogen (secondary N) is 2. The predicted octanol–water partition coefficient (Wildman–Crippen LogP) is -0.896. The average Bonchev–Trinajstić information content (AvgIpc) is 2.25. The van der Waals surface area contributed by atoms with Gasteiger partial charge in [0.15, 0.2) is 0 Å². The van der Waals surface area contributed by atoms with Crippen molar-refractivity contribution in [1.82, 2.24) is 9.55 Å². The molecule has 7 nitrogen and oxygen atoms in total. The highest BCUT2D eigenvalue weighted by Gasteiger charge is 2.08. The minimum atomic E-state index is -0.530. The molecule has 0 aliphatic rings. The van der Waals surface area contributed by atoms with Gasteiger partial charge in [-0.25, -0.2) is 4.79 Å². The van der Waals surface area contributed by atoms with Gasteiger partial charge in [-0.3, -0.25) is 14.3 Å². The van der Waals surface area contributed by atoms with Crippen molar-refractivity contribution in [1.29, 1.82) is 0 Å². The lowest BCUT2D eigenvalue weighted by Crippen LogP contribution is -2.33. The largest absolute Gasteiger partial charge is 0.383 e. The molecule has 0 aliphatic carbocycles. The second-order valence-corrected chi connectivity index (χ2v) is 3.20. The number of hydrogen-bond acceptors (Lipinski definition) is 5. The Labute approximate surface area is 92.2 Å². The molecule has 1 rings (SSSR count). The first-order valence-electron chi connectivity index (χ1n) is 4.98. The summed E-state index contributed by atoms with van der Waals surface area (Å²) in [7, 11) is 1.49. The van der Waals surface area contributed by atoms with E-state index in [2.05, 4.69) is 10.3 Å². The molecule has 0 amide bonds. The van der Waals surface area contributed by atoms with Gasteiger partial charge < -0.3 is 15.8 Å². The maximum absolute atomic E-state index is 11.4. The number of ether oxygens (including phenoxy) is 1. The second-order valence-electron chi connectivity index (χ2n) is 3.20. The van der Waals surface area contributed by atoms with Crippen molar-refractivity contribution in [2.24, 2.45) is 7.05 Å². The van der Waals surface area contributed by atoms with E-state index in [0.717, 1.165) is 0 Å². The monoisotopic (exact) mass is 228 g/mol. The Hall–Kier alpha value is -1.76. The van der Waals surface area contributed by atoms with Gasteiger partial charge in [-0.2, -0.15) is 0 Å². The molecule has 1 heterocycles. The van der Waals surface area contributed by atoms with E-state index in [4.69, 9.17) is 10.5 Å². The van der Waals surface area contributed by atoms with Crippen LogP contribution in [0, 0.1) is 0 Å². The number of hydrogen-bond donors (Lipinski definition) is 3. The molecule has 0 aromatic carbocycles. The molecule has 16 heavy (non-hydrogen) atoms. The SMILES string of the molecule is CCOCCNc1c(N)n(C)c(=O)[nH]c1=O. The van der Waals surface area contributed by atoms with Gasteiger partial charge in [-0.05, 0) is 6.92 Å². The van der Waals surface area contributed by atoms with Crippen LogP contribution in [0.1, 0.15) is 6.92 Å². The second kappa shape index (κ2) is 5.36. The first-order chi connectivity index (χ1) is 7.57. The zero-order valence-electron chi connectivity index (χ0n) is 9.37. The van der Waals surface area contributed by atoms with Crippen molar-refractivity contribution in [2.75, 3.05) is 30.8 Å². The van der Waals surface area contributed by atoms with Crippen molar-refractivity contribution in [3.63, 3.8) is 0 Å². The lowest BCUT2D eigenvalue weighted by atomic mass is 10.4. The number of aromatic nitrogens is 2. The molecule has 0 radical (unpaired) electrons. The van der Waals surface area contributed by atoms with Gasteiger partial charge in [0.2, 0.25) is 0 Å². The molecule has 0 spiro atoms. The van der Waals surface area contributed by atoms with E-state index in [9.17, 15) is 9.59 Å². The van der Waals surface area contributed by atoms with E-state index in [1.807, 2.05) is 6.92 Å². The van der Waals surface area contributed by atoms with Crippen molar-refractivity contribution in [3.8, 4) is 0 Å².